The molecule has 140 valence electrons. The van der Waals surface area contributed by atoms with Gasteiger partial charge in [0.25, 0.3) is 0 Å². The molecule has 4 N–H and O–H groups in total. The lowest BCUT2D eigenvalue weighted by Crippen LogP contribution is -2.23. The number of ether oxygens (including phenoxy) is 2. The normalized spacial score (nSPS) is 15.1. The van der Waals surface area contributed by atoms with Crippen LogP contribution in [0.15, 0.2) is 25.3 Å². The van der Waals surface area contributed by atoms with Gasteiger partial charge in [0.1, 0.15) is 0 Å². The second kappa shape index (κ2) is 12.9. The summed E-state index contributed by atoms with van der Waals surface area (Å²) in [6, 6.07) is 0. The monoisotopic (exact) mass is 367 g/mol. The molecule has 0 spiro atoms. The zero-order chi connectivity index (χ0) is 17.9. The highest BCUT2D eigenvalue weighted by Crippen LogP contribution is 2.47. The van der Waals surface area contributed by atoms with Gasteiger partial charge < -0.3 is 20.5 Å². The molecular weight excluding hydrogens is 341 g/mol. The molecule has 24 heavy (non-hydrogen) atoms. The van der Waals surface area contributed by atoms with Gasteiger partial charge in [0.05, 0.1) is 0 Å². The number of phosphoric acid groups is 1. The number of phosphoric ester groups is 1. The third-order valence-corrected chi connectivity index (χ3v) is 3.38. The van der Waals surface area contributed by atoms with Crippen molar-refractivity contribution in [1.82, 2.24) is 6.15 Å². The van der Waals surface area contributed by atoms with Crippen LogP contribution in [-0.2, 0) is 32.7 Å². The predicted octanol–water partition coefficient (Wildman–Crippen LogP) is 2.99. The Labute approximate surface area is 141 Å². The van der Waals surface area contributed by atoms with Gasteiger partial charge in [0, 0.05) is 25.0 Å². The quantitative estimate of drug-likeness (QED) is 0.230. The van der Waals surface area contributed by atoms with Crippen LogP contribution in [-0.4, -0.2) is 29.4 Å². The maximum atomic E-state index is 12.0. The number of carbonyl (C=O) groups excluding carboxylic acids is 2. The number of carbonyl (C=O) groups is 2. The Morgan fingerprint density at radius 3 is 1.58 bits per heavy atom. The van der Waals surface area contributed by atoms with Crippen molar-refractivity contribution in [2.24, 2.45) is 0 Å². The molecule has 0 aromatic heterocycles. The summed E-state index contributed by atoms with van der Waals surface area (Å²) in [5, 5.41) is 0. The van der Waals surface area contributed by atoms with E-state index in [-0.39, 0.29) is 19.0 Å². The number of hydrogen-bond acceptors (Lipinski definition) is 8. The van der Waals surface area contributed by atoms with Gasteiger partial charge in [-0.1, -0.05) is 39.8 Å². The smallest absolute Gasteiger partial charge is 0.432 e. The van der Waals surface area contributed by atoms with Crippen molar-refractivity contribution in [1.29, 1.82) is 0 Å². The van der Waals surface area contributed by atoms with Crippen LogP contribution in [0, 0.1) is 0 Å². The molecule has 0 heterocycles. The summed E-state index contributed by atoms with van der Waals surface area (Å²) >= 11 is 0. The van der Waals surface area contributed by atoms with E-state index in [2.05, 4.69) is 13.2 Å². The van der Waals surface area contributed by atoms with Gasteiger partial charge in [-0.2, -0.15) is 0 Å². The van der Waals surface area contributed by atoms with Crippen molar-refractivity contribution in [3.8, 4) is 0 Å². The summed E-state index contributed by atoms with van der Waals surface area (Å²) in [5.74, 6) is -1.60. The van der Waals surface area contributed by atoms with Crippen molar-refractivity contribution >= 4 is 19.8 Å². The Balaban J connectivity index is 0. The molecule has 0 radical (unpaired) electrons. The van der Waals surface area contributed by atoms with Crippen molar-refractivity contribution < 1.29 is 37.6 Å². The summed E-state index contributed by atoms with van der Waals surface area (Å²) in [5.41, 5.74) is 0. The molecule has 2 unspecified atom stereocenters. The van der Waals surface area contributed by atoms with E-state index >= 15 is 0 Å². The first-order valence-corrected chi connectivity index (χ1v) is 8.63. The molecule has 0 aromatic carbocycles. The van der Waals surface area contributed by atoms with Gasteiger partial charge >= 0.3 is 19.8 Å². The van der Waals surface area contributed by atoms with Crippen LogP contribution in [0.5, 0.6) is 0 Å². The van der Waals surface area contributed by atoms with E-state index in [1.807, 2.05) is 0 Å². The minimum absolute atomic E-state index is 0. The van der Waals surface area contributed by atoms with Crippen molar-refractivity contribution in [3.63, 3.8) is 0 Å². The first kappa shape index (κ1) is 24.7. The van der Waals surface area contributed by atoms with Crippen LogP contribution in [0.2, 0.25) is 0 Å². The van der Waals surface area contributed by atoms with E-state index in [4.69, 9.17) is 18.5 Å². The minimum Gasteiger partial charge on any atom is -0.432 e. The zero-order valence-electron chi connectivity index (χ0n) is 14.0. The van der Waals surface area contributed by atoms with E-state index in [1.165, 1.54) is 0 Å². The fourth-order valence-electron chi connectivity index (χ4n) is 1.42. The molecule has 0 bridgehead atoms. The molecule has 0 amide bonds. The lowest BCUT2D eigenvalue weighted by molar-refractivity contribution is -0.168. The molecule has 9 nitrogen and oxygen atoms in total. The minimum atomic E-state index is -4.62. The highest BCUT2D eigenvalue weighted by molar-refractivity contribution is 7.47. The average molecular weight is 367 g/mol. The van der Waals surface area contributed by atoms with Gasteiger partial charge in [0.15, 0.2) is 0 Å². The Kier molecular flexibility index (Phi) is 13.3. The Morgan fingerprint density at radius 1 is 1.00 bits per heavy atom. The van der Waals surface area contributed by atoms with Crippen LogP contribution in [0.25, 0.3) is 0 Å². The first-order valence-electron chi connectivity index (χ1n) is 7.13. The largest absolute Gasteiger partial charge is 0.478 e. The second-order valence-corrected chi connectivity index (χ2v) is 5.76. The van der Waals surface area contributed by atoms with Crippen LogP contribution in [0.4, 0.5) is 0 Å². The van der Waals surface area contributed by atoms with Crippen molar-refractivity contribution in [3.05, 3.63) is 25.3 Å². The molecule has 0 rings (SSSR count). The van der Waals surface area contributed by atoms with Crippen LogP contribution >= 0.6 is 7.82 Å². The van der Waals surface area contributed by atoms with E-state index in [0.717, 1.165) is 12.2 Å². The third-order valence-electron chi connectivity index (χ3n) is 2.38. The first-order chi connectivity index (χ1) is 10.8. The second-order valence-electron chi connectivity index (χ2n) is 4.40. The molecule has 0 aliphatic carbocycles. The highest BCUT2D eigenvalue weighted by atomic mass is 31.2. The lowest BCUT2D eigenvalue weighted by atomic mass is 10.3. The maximum Gasteiger partial charge on any atom is 0.478 e. The summed E-state index contributed by atoms with van der Waals surface area (Å²) < 4.78 is 31.3. The van der Waals surface area contributed by atoms with Gasteiger partial charge in [0.2, 0.25) is 12.6 Å². The molecule has 10 heteroatoms. The van der Waals surface area contributed by atoms with Crippen LogP contribution < -0.4 is 6.15 Å². The fraction of sp³-hybridized carbons (Fsp3) is 0.571. The standard InChI is InChI=1S/C14H23O8P.H3N/c1-5-9-13(19-11(15)7-3)21-23(17,18)22-14(10-6-2)20-12(16)8-4;/h7-8,13-14H,3-6,9-10H2,1-2H3,(H,17,18);1H3. The van der Waals surface area contributed by atoms with Gasteiger partial charge in [-0.15, -0.1) is 0 Å². The zero-order valence-corrected chi connectivity index (χ0v) is 14.9. The van der Waals surface area contributed by atoms with E-state index in [0.29, 0.717) is 12.8 Å². The number of rotatable bonds is 12. The molecular formula is C14H26NO8P. The van der Waals surface area contributed by atoms with Crippen LogP contribution in [0.3, 0.4) is 0 Å². The summed E-state index contributed by atoms with van der Waals surface area (Å²) in [6.07, 6.45) is 0.661. The predicted molar refractivity (Wildman–Crippen MR) is 87.0 cm³/mol. The molecule has 0 saturated heterocycles. The van der Waals surface area contributed by atoms with Crippen LogP contribution in [0.1, 0.15) is 39.5 Å². The molecule has 0 aromatic rings. The van der Waals surface area contributed by atoms with Gasteiger partial charge in [-0.3, -0.25) is 0 Å². The SMILES string of the molecule is C=CC(=O)OC(CCC)OP(=O)(O)OC(CCC)OC(=O)C=C.N. The topological polar surface area (TPSA) is 143 Å². The average Bonchev–Trinajstić information content (AvgIpc) is 2.46. The lowest BCUT2D eigenvalue weighted by Gasteiger charge is -2.23. The number of esters is 2. The fourth-order valence-corrected chi connectivity index (χ4v) is 2.36. The molecule has 0 fully saturated rings. The molecule has 0 saturated carbocycles. The molecule has 0 aliphatic rings. The number of hydrogen-bond donors (Lipinski definition) is 2. The maximum absolute atomic E-state index is 12.0. The summed E-state index contributed by atoms with van der Waals surface area (Å²) in [6.45, 7) is 9.99. The molecule has 0 aliphatic heterocycles. The summed E-state index contributed by atoms with van der Waals surface area (Å²) in [4.78, 5) is 32.1. The summed E-state index contributed by atoms with van der Waals surface area (Å²) in [7, 11) is -4.62. The van der Waals surface area contributed by atoms with E-state index in [9.17, 15) is 19.0 Å². The Hall–Kier alpha value is -1.51. The van der Waals surface area contributed by atoms with Crippen molar-refractivity contribution in [2.75, 3.05) is 0 Å². The van der Waals surface area contributed by atoms with Gasteiger partial charge in [-0.05, 0) is 0 Å². The third kappa shape index (κ3) is 11.1. The molecule has 2 atom stereocenters. The Morgan fingerprint density at radius 2 is 1.33 bits per heavy atom. The van der Waals surface area contributed by atoms with E-state index in [1.54, 1.807) is 13.8 Å². The highest BCUT2D eigenvalue weighted by Gasteiger charge is 2.32. The van der Waals surface area contributed by atoms with E-state index < -0.39 is 32.3 Å². The van der Waals surface area contributed by atoms with Gasteiger partial charge in [-0.25, -0.2) is 23.2 Å². The Bertz CT molecular complexity index is 430. The van der Waals surface area contributed by atoms with Crippen molar-refractivity contribution in [2.45, 2.75) is 52.1 Å².